The summed E-state index contributed by atoms with van der Waals surface area (Å²) in [4.78, 5) is 4.87. The topological polar surface area (TPSA) is 6.48 Å². The van der Waals surface area contributed by atoms with E-state index in [0.29, 0.717) is 0 Å². The Balaban J connectivity index is 2.06. The first-order chi connectivity index (χ1) is 9.21. The second-order valence-electron chi connectivity index (χ2n) is 7.27. The zero-order valence-electron chi connectivity index (χ0n) is 13.4. The van der Waals surface area contributed by atoms with Crippen molar-refractivity contribution in [3.63, 3.8) is 0 Å². The minimum atomic E-state index is 0.242. The van der Waals surface area contributed by atoms with E-state index in [-0.39, 0.29) is 11.1 Å². The van der Waals surface area contributed by atoms with Gasteiger partial charge in [-0.3, -0.25) is 4.90 Å². The Labute approximate surface area is 132 Å². The molecular weight excluding hydrogens is 312 g/mol. The number of hydrogen-bond donors (Lipinski definition) is 0. The molecule has 0 radical (unpaired) electrons. The Hall–Kier alpha value is -0.540. The van der Waals surface area contributed by atoms with Crippen molar-refractivity contribution in [1.29, 1.82) is 0 Å². The van der Waals surface area contributed by atoms with Crippen molar-refractivity contribution in [2.24, 2.45) is 0 Å². The molecule has 2 aliphatic heterocycles. The summed E-state index contributed by atoms with van der Waals surface area (Å²) < 4.78 is 1.16. The fraction of sp³-hybridized carbons (Fsp3) is 0.647. The normalized spacial score (nSPS) is 25.6. The fourth-order valence-electron chi connectivity index (χ4n) is 3.32. The summed E-state index contributed by atoms with van der Waals surface area (Å²) in [6.07, 6.45) is 11.3. The molecule has 0 aromatic heterocycles. The highest BCUT2D eigenvalue weighted by Crippen LogP contribution is 2.39. The molecule has 0 aliphatic carbocycles. The third kappa shape index (κ3) is 3.56. The summed E-state index contributed by atoms with van der Waals surface area (Å²) in [7, 11) is 2.26. The Morgan fingerprint density at radius 2 is 1.80 bits per heavy atom. The summed E-state index contributed by atoms with van der Waals surface area (Å²) in [5.41, 5.74) is 2.08. The summed E-state index contributed by atoms with van der Waals surface area (Å²) in [6.45, 7) is 11.4. The Morgan fingerprint density at radius 1 is 1.20 bits per heavy atom. The number of halogens is 1. The van der Waals surface area contributed by atoms with Gasteiger partial charge >= 0.3 is 0 Å². The molecule has 2 nitrogen and oxygen atoms in total. The molecule has 0 aromatic carbocycles. The van der Waals surface area contributed by atoms with Gasteiger partial charge in [0.1, 0.15) is 0 Å². The van der Waals surface area contributed by atoms with E-state index in [9.17, 15) is 0 Å². The predicted octanol–water partition coefficient (Wildman–Crippen LogP) is 4.30. The summed E-state index contributed by atoms with van der Waals surface area (Å²) in [6, 6.07) is 0. The van der Waals surface area contributed by atoms with Crippen molar-refractivity contribution in [1.82, 2.24) is 9.80 Å². The molecule has 0 N–H and O–H groups in total. The molecule has 0 unspecified atom stereocenters. The van der Waals surface area contributed by atoms with Crippen LogP contribution in [0.15, 0.2) is 34.5 Å². The van der Waals surface area contributed by atoms with E-state index in [1.807, 2.05) is 0 Å². The van der Waals surface area contributed by atoms with Crippen LogP contribution in [-0.2, 0) is 0 Å². The minimum Gasteiger partial charge on any atom is -0.369 e. The molecule has 20 heavy (non-hydrogen) atoms. The maximum absolute atomic E-state index is 3.54. The Bertz CT molecular complexity index is 438. The summed E-state index contributed by atoms with van der Waals surface area (Å²) in [5, 5.41) is 0. The molecule has 2 heterocycles. The van der Waals surface area contributed by atoms with Crippen LogP contribution in [0.3, 0.4) is 0 Å². The second kappa shape index (κ2) is 5.69. The van der Waals surface area contributed by atoms with Crippen molar-refractivity contribution in [2.75, 3.05) is 20.1 Å². The molecule has 1 saturated heterocycles. The number of nitrogens with zero attached hydrogens (tertiary/aromatic N) is 2. The van der Waals surface area contributed by atoms with Crippen LogP contribution in [0, 0.1) is 0 Å². The lowest BCUT2D eigenvalue weighted by Gasteiger charge is -2.52. The Morgan fingerprint density at radius 3 is 2.35 bits per heavy atom. The Kier molecular flexibility index (Phi) is 4.50. The van der Waals surface area contributed by atoms with Crippen LogP contribution in [0.1, 0.15) is 40.5 Å². The molecule has 0 amide bonds. The van der Waals surface area contributed by atoms with Gasteiger partial charge in [0, 0.05) is 34.8 Å². The smallest absolute Gasteiger partial charge is 0.0361 e. The average molecular weight is 339 g/mol. The van der Waals surface area contributed by atoms with E-state index in [4.69, 9.17) is 0 Å². The maximum Gasteiger partial charge on any atom is 0.0361 e. The van der Waals surface area contributed by atoms with Gasteiger partial charge in [0.15, 0.2) is 0 Å². The number of allylic oxidation sites excluding steroid dienone is 2. The lowest BCUT2D eigenvalue weighted by molar-refractivity contribution is 0.0208. The van der Waals surface area contributed by atoms with E-state index in [0.717, 1.165) is 17.6 Å². The first kappa shape index (κ1) is 15.8. The monoisotopic (exact) mass is 338 g/mol. The molecule has 2 aliphatic rings. The molecule has 112 valence electrons. The van der Waals surface area contributed by atoms with Crippen LogP contribution in [0.5, 0.6) is 0 Å². The predicted molar refractivity (Wildman–Crippen MR) is 91.0 cm³/mol. The molecular formula is C17H27BrN2. The second-order valence-corrected chi connectivity index (χ2v) is 8.19. The van der Waals surface area contributed by atoms with Gasteiger partial charge in [-0.05, 0) is 69.6 Å². The van der Waals surface area contributed by atoms with Crippen LogP contribution >= 0.6 is 15.9 Å². The van der Waals surface area contributed by atoms with Crippen molar-refractivity contribution >= 4 is 15.9 Å². The molecule has 0 aromatic rings. The number of hydrogen-bond acceptors (Lipinski definition) is 2. The van der Waals surface area contributed by atoms with E-state index in [1.54, 1.807) is 5.57 Å². The van der Waals surface area contributed by atoms with Crippen molar-refractivity contribution in [3.8, 4) is 0 Å². The average Bonchev–Trinajstić information content (AvgIpc) is 2.33. The molecule has 2 rings (SSSR count). The molecule has 0 spiro atoms. The van der Waals surface area contributed by atoms with Crippen molar-refractivity contribution in [2.45, 2.75) is 51.6 Å². The SMILES string of the molecule is CN1C(C)(C)CC(=CCN2C=C(Br)C=CC2)CC1(C)C. The van der Waals surface area contributed by atoms with E-state index in [2.05, 4.69) is 84.9 Å². The number of likely N-dealkylation sites (tertiary alicyclic amines) is 1. The standard InChI is InChI=1S/C17H27BrN2/c1-16(2)11-14(12-17(3,4)19(16)5)8-10-20-9-6-7-15(18)13-20/h6-8,13H,9-12H2,1-5H3. The number of piperidine rings is 1. The van der Waals surface area contributed by atoms with Gasteiger partial charge < -0.3 is 4.90 Å². The van der Waals surface area contributed by atoms with Gasteiger partial charge in [-0.1, -0.05) is 17.7 Å². The number of rotatable bonds is 2. The van der Waals surface area contributed by atoms with Crippen molar-refractivity contribution < 1.29 is 0 Å². The minimum absolute atomic E-state index is 0.242. The third-order valence-electron chi connectivity index (χ3n) is 4.67. The lowest BCUT2D eigenvalue weighted by Crippen LogP contribution is -2.56. The van der Waals surface area contributed by atoms with Crippen LogP contribution in [0.25, 0.3) is 0 Å². The first-order valence-electron chi connectivity index (χ1n) is 7.40. The fourth-order valence-corrected chi connectivity index (χ4v) is 3.80. The highest BCUT2D eigenvalue weighted by atomic mass is 79.9. The molecule has 1 fully saturated rings. The van der Waals surface area contributed by atoms with Gasteiger partial charge in [0.25, 0.3) is 0 Å². The largest absolute Gasteiger partial charge is 0.369 e. The quantitative estimate of drug-likeness (QED) is 0.692. The van der Waals surface area contributed by atoms with E-state index >= 15 is 0 Å². The maximum atomic E-state index is 3.54. The van der Waals surface area contributed by atoms with Gasteiger partial charge in [-0.15, -0.1) is 0 Å². The first-order valence-corrected chi connectivity index (χ1v) is 8.20. The van der Waals surface area contributed by atoms with Gasteiger partial charge in [-0.25, -0.2) is 0 Å². The summed E-state index contributed by atoms with van der Waals surface area (Å²) in [5.74, 6) is 0. The van der Waals surface area contributed by atoms with Crippen molar-refractivity contribution in [3.05, 3.63) is 34.5 Å². The molecule has 0 atom stereocenters. The molecule has 3 heteroatoms. The highest BCUT2D eigenvalue weighted by Gasteiger charge is 2.40. The summed E-state index contributed by atoms with van der Waals surface area (Å²) >= 11 is 3.54. The van der Waals surface area contributed by atoms with Gasteiger partial charge in [-0.2, -0.15) is 0 Å². The van der Waals surface area contributed by atoms with Crippen LogP contribution < -0.4 is 0 Å². The molecule has 0 saturated carbocycles. The van der Waals surface area contributed by atoms with E-state index < -0.39 is 0 Å². The molecule has 0 bridgehead atoms. The zero-order valence-corrected chi connectivity index (χ0v) is 15.0. The highest BCUT2D eigenvalue weighted by molar-refractivity contribution is 9.11. The van der Waals surface area contributed by atoms with Crippen LogP contribution in [0.2, 0.25) is 0 Å². The zero-order chi connectivity index (χ0) is 15.0. The van der Waals surface area contributed by atoms with Gasteiger partial charge in [0.05, 0.1) is 0 Å². The van der Waals surface area contributed by atoms with E-state index in [1.165, 1.54) is 12.8 Å². The van der Waals surface area contributed by atoms with Crippen LogP contribution in [0.4, 0.5) is 0 Å². The van der Waals surface area contributed by atoms with Gasteiger partial charge in [0.2, 0.25) is 0 Å². The third-order valence-corrected chi connectivity index (χ3v) is 5.14. The van der Waals surface area contributed by atoms with Crippen LogP contribution in [-0.4, -0.2) is 41.0 Å². The lowest BCUT2D eigenvalue weighted by atomic mass is 9.77.